The number of nitrogens with zero attached hydrogens (tertiary/aromatic N) is 2. The number of hydrogen-bond donors (Lipinski definition) is 1. The third-order valence-electron chi connectivity index (χ3n) is 4.30. The van der Waals surface area contributed by atoms with Crippen molar-refractivity contribution in [1.82, 2.24) is 15.1 Å². The number of likely N-dealkylation sites (N-methyl/N-ethyl adjacent to an activating group) is 1. The zero-order valence-corrected chi connectivity index (χ0v) is 15.1. The molecule has 0 amide bonds. The Morgan fingerprint density at radius 3 is 2.00 bits per heavy atom. The largest absolute Gasteiger partial charge is 0.316 e. The van der Waals surface area contributed by atoms with Gasteiger partial charge in [0.05, 0.1) is 0 Å². The molecule has 0 aliphatic heterocycles. The van der Waals surface area contributed by atoms with E-state index < -0.39 is 0 Å². The molecule has 3 heteroatoms. The average Bonchev–Trinajstić information content (AvgIpc) is 2.40. The third-order valence-corrected chi connectivity index (χ3v) is 4.30. The maximum atomic E-state index is 3.58. The lowest BCUT2D eigenvalue weighted by atomic mass is 9.81. The van der Waals surface area contributed by atoms with Crippen molar-refractivity contribution in [2.75, 3.05) is 53.4 Å². The van der Waals surface area contributed by atoms with Crippen molar-refractivity contribution in [1.29, 1.82) is 0 Å². The van der Waals surface area contributed by atoms with Crippen LogP contribution in [0.25, 0.3) is 0 Å². The number of rotatable bonds is 12. The van der Waals surface area contributed by atoms with Crippen LogP contribution in [-0.2, 0) is 0 Å². The van der Waals surface area contributed by atoms with Crippen LogP contribution < -0.4 is 5.32 Å². The van der Waals surface area contributed by atoms with Crippen molar-refractivity contribution in [3.8, 4) is 0 Å². The van der Waals surface area contributed by atoms with E-state index in [1.807, 2.05) is 0 Å². The summed E-state index contributed by atoms with van der Waals surface area (Å²) in [6, 6.07) is 0. The molecular weight excluding hydrogens is 246 g/mol. The first-order chi connectivity index (χ1) is 9.39. The highest BCUT2D eigenvalue weighted by molar-refractivity contribution is 4.83. The van der Waals surface area contributed by atoms with E-state index in [2.05, 4.69) is 63.8 Å². The fourth-order valence-corrected chi connectivity index (χ4v) is 2.74. The standard InChI is InChI=1S/C17H39N3/c1-8-17(9-2,14-18-10-3)15-20(13-16(4)5)12-11-19(6)7/h16,18H,8-15H2,1-7H3. The SMILES string of the molecule is CCNCC(CC)(CC)CN(CCN(C)C)CC(C)C. The monoisotopic (exact) mass is 285 g/mol. The smallest absolute Gasteiger partial charge is 0.0109 e. The Kier molecular flexibility index (Phi) is 10.5. The van der Waals surface area contributed by atoms with Crippen molar-refractivity contribution in [2.45, 2.75) is 47.5 Å². The molecule has 1 N–H and O–H groups in total. The van der Waals surface area contributed by atoms with Gasteiger partial charge in [-0.3, -0.25) is 0 Å². The van der Waals surface area contributed by atoms with Gasteiger partial charge in [-0.05, 0) is 44.8 Å². The molecule has 0 aromatic carbocycles. The summed E-state index contributed by atoms with van der Waals surface area (Å²) in [5.41, 5.74) is 0.428. The fraction of sp³-hybridized carbons (Fsp3) is 1.00. The van der Waals surface area contributed by atoms with Crippen LogP contribution in [0, 0.1) is 11.3 Å². The van der Waals surface area contributed by atoms with Gasteiger partial charge in [0.25, 0.3) is 0 Å². The molecule has 0 atom stereocenters. The molecule has 0 aromatic heterocycles. The lowest BCUT2D eigenvalue weighted by Gasteiger charge is -2.38. The Hall–Kier alpha value is -0.120. The molecule has 122 valence electrons. The second kappa shape index (κ2) is 10.6. The van der Waals surface area contributed by atoms with Crippen molar-refractivity contribution in [3.05, 3.63) is 0 Å². The van der Waals surface area contributed by atoms with Gasteiger partial charge >= 0.3 is 0 Å². The molecule has 0 fully saturated rings. The highest BCUT2D eigenvalue weighted by Gasteiger charge is 2.28. The second-order valence-corrected chi connectivity index (χ2v) is 6.92. The first-order valence-corrected chi connectivity index (χ1v) is 8.46. The average molecular weight is 286 g/mol. The molecule has 0 saturated heterocycles. The lowest BCUT2D eigenvalue weighted by Crippen LogP contribution is -2.46. The van der Waals surface area contributed by atoms with Crippen molar-refractivity contribution in [2.24, 2.45) is 11.3 Å². The van der Waals surface area contributed by atoms with Gasteiger partial charge in [-0.15, -0.1) is 0 Å². The Morgan fingerprint density at radius 2 is 1.60 bits per heavy atom. The van der Waals surface area contributed by atoms with Crippen LogP contribution in [0.5, 0.6) is 0 Å². The van der Waals surface area contributed by atoms with Crippen molar-refractivity contribution in [3.63, 3.8) is 0 Å². The van der Waals surface area contributed by atoms with Gasteiger partial charge in [0.2, 0.25) is 0 Å². The van der Waals surface area contributed by atoms with Gasteiger partial charge in [-0.2, -0.15) is 0 Å². The maximum absolute atomic E-state index is 3.58. The third kappa shape index (κ3) is 8.23. The molecule has 0 unspecified atom stereocenters. The zero-order chi connectivity index (χ0) is 15.6. The zero-order valence-electron chi connectivity index (χ0n) is 15.1. The summed E-state index contributed by atoms with van der Waals surface area (Å²) >= 11 is 0. The van der Waals surface area contributed by atoms with Crippen LogP contribution in [0.3, 0.4) is 0 Å². The van der Waals surface area contributed by atoms with E-state index in [1.165, 1.54) is 32.5 Å². The summed E-state index contributed by atoms with van der Waals surface area (Å²) in [6.07, 6.45) is 2.51. The normalized spacial score (nSPS) is 12.9. The molecule has 0 heterocycles. The Bertz CT molecular complexity index is 222. The first-order valence-electron chi connectivity index (χ1n) is 8.46. The van der Waals surface area contributed by atoms with Crippen molar-refractivity contribution >= 4 is 0 Å². The highest BCUT2D eigenvalue weighted by atomic mass is 15.2. The molecule has 0 rings (SSSR count). The van der Waals surface area contributed by atoms with Crippen LogP contribution in [0.15, 0.2) is 0 Å². The number of nitrogens with one attached hydrogen (secondary N) is 1. The van der Waals surface area contributed by atoms with E-state index in [1.54, 1.807) is 0 Å². The maximum Gasteiger partial charge on any atom is 0.0109 e. The van der Waals surface area contributed by atoms with Crippen LogP contribution in [0.2, 0.25) is 0 Å². The molecule has 3 nitrogen and oxygen atoms in total. The van der Waals surface area contributed by atoms with E-state index in [9.17, 15) is 0 Å². The molecule has 20 heavy (non-hydrogen) atoms. The second-order valence-electron chi connectivity index (χ2n) is 6.92. The molecule has 0 aliphatic rings. The predicted molar refractivity (Wildman–Crippen MR) is 91.4 cm³/mol. The van der Waals surface area contributed by atoms with Crippen LogP contribution in [0.4, 0.5) is 0 Å². The molecule has 0 spiro atoms. The molecule has 0 aliphatic carbocycles. The van der Waals surface area contributed by atoms with E-state index in [-0.39, 0.29) is 0 Å². The fourth-order valence-electron chi connectivity index (χ4n) is 2.74. The quantitative estimate of drug-likeness (QED) is 0.595. The predicted octanol–water partition coefficient (Wildman–Crippen LogP) is 2.92. The summed E-state index contributed by atoms with van der Waals surface area (Å²) in [6.45, 7) is 18.5. The van der Waals surface area contributed by atoms with Gasteiger partial charge in [0, 0.05) is 32.7 Å². The minimum absolute atomic E-state index is 0.428. The Morgan fingerprint density at radius 1 is 1.00 bits per heavy atom. The van der Waals surface area contributed by atoms with Gasteiger partial charge < -0.3 is 15.1 Å². The van der Waals surface area contributed by atoms with Gasteiger partial charge in [0.15, 0.2) is 0 Å². The molecular formula is C17H39N3. The highest BCUT2D eigenvalue weighted by Crippen LogP contribution is 2.27. The van der Waals surface area contributed by atoms with Crippen LogP contribution in [0.1, 0.15) is 47.5 Å². The molecule has 0 radical (unpaired) electrons. The van der Waals surface area contributed by atoms with Gasteiger partial charge in [0.1, 0.15) is 0 Å². The lowest BCUT2D eigenvalue weighted by molar-refractivity contribution is 0.117. The molecule has 0 saturated carbocycles. The van der Waals surface area contributed by atoms with Crippen molar-refractivity contribution < 1.29 is 0 Å². The van der Waals surface area contributed by atoms with E-state index in [4.69, 9.17) is 0 Å². The van der Waals surface area contributed by atoms with E-state index in [0.717, 1.165) is 25.6 Å². The topological polar surface area (TPSA) is 18.5 Å². The van der Waals surface area contributed by atoms with Crippen LogP contribution >= 0.6 is 0 Å². The minimum Gasteiger partial charge on any atom is -0.316 e. The summed E-state index contributed by atoms with van der Waals surface area (Å²) < 4.78 is 0. The molecule has 0 bridgehead atoms. The number of hydrogen-bond acceptors (Lipinski definition) is 3. The molecule has 0 aromatic rings. The summed E-state index contributed by atoms with van der Waals surface area (Å²) in [4.78, 5) is 4.96. The Labute approximate surface area is 128 Å². The van der Waals surface area contributed by atoms with Gasteiger partial charge in [-0.25, -0.2) is 0 Å². The van der Waals surface area contributed by atoms with E-state index in [0.29, 0.717) is 5.41 Å². The first kappa shape index (κ1) is 19.9. The van der Waals surface area contributed by atoms with Crippen LogP contribution in [-0.4, -0.2) is 63.2 Å². The summed E-state index contributed by atoms with van der Waals surface area (Å²) in [7, 11) is 4.33. The summed E-state index contributed by atoms with van der Waals surface area (Å²) in [5.74, 6) is 0.739. The minimum atomic E-state index is 0.428. The van der Waals surface area contributed by atoms with Gasteiger partial charge in [-0.1, -0.05) is 34.6 Å². The summed E-state index contributed by atoms with van der Waals surface area (Å²) in [5, 5.41) is 3.58. The Balaban J connectivity index is 4.67. The van der Waals surface area contributed by atoms with E-state index >= 15 is 0 Å².